The van der Waals surface area contributed by atoms with Gasteiger partial charge in [-0.15, -0.1) is 0 Å². The highest BCUT2D eigenvalue weighted by Gasteiger charge is 2.07. The molecule has 0 aliphatic carbocycles. The highest BCUT2D eigenvalue weighted by molar-refractivity contribution is 5.85. The predicted molar refractivity (Wildman–Crippen MR) is 108 cm³/mol. The number of nitriles is 1. The lowest BCUT2D eigenvalue weighted by atomic mass is 10.2. The first kappa shape index (κ1) is 17.5. The molecule has 0 aliphatic rings. The number of ether oxygens (including phenoxy) is 2. The van der Waals surface area contributed by atoms with Crippen molar-refractivity contribution >= 4 is 21.8 Å². The fourth-order valence-electron chi connectivity index (χ4n) is 2.89. The maximum absolute atomic E-state index is 9.07. The molecular weight excluding hydrogens is 350 g/mol. The summed E-state index contributed by atoms with van der Waals surface area (Å²) in [5.74, 6) is 1.33. The standard InChI is InChI=1S/C23H17N3O2/c1-16(14-27-20-8-2-5-17-7-4-12-25-22(17)20)15-28-21-9-3-6-18-10-11-19(13-24)26-23(18)21/h2-12H,1,14-15H2. The van der Waals surface area contributed by atoms with Crippen LogP contribution in [0, 0.1) is 11.3 Å². The minimum atomic E-state index is 0.287. The fourth-order valence-corrected chi connectivity index (χ4v) is 2.89. The predicted octanol–water partition coefficient (Wildman–Crippen LogP) is 4.67. The molecule has 0 aliphatic heterocycles. The maximum atomic E-state index is 9.07. The first-order valence-electron chi connectivity index (χ1n) is 8.80. The van der Waals surface area contributed by atoms with Crippen LogP contribution in [0.4, 0.5) is 0 Å². The van der Waals surface area contributed by atoms with Gasteiger partial charge in [0.15, 0.2) is 0 Å². The number of fused-ring (bicyclic) bond motifs is 2. The van der Waals surface area contributed by atoms with Crippen molar-refractivity contribution in [3.63, 3.8) is 0 Å². The first-order valence-corrected chi connectivity index (χ1v) is 8.80. The summed E-state index contributed by atoms with van der Waals surface area (Å²) in [5, 5.41) is 11.0. The van der Waals surface area contributed by atoms with E-state index in [1.54, 1.807) is 12.3 Å². The number of rotatable bonds is 6. The molecular formula is C23H17N3O2. The number of benzene rings is 2. The number of para-hydroxylation sites is 2. The van der Waals surface area contributed by atoms with Crippen LogP contribution in [0.2, 0.25) is 0 Å². The average Bonchev–Trinajstić information content (AvgIpc) is 2.75. The van der Waals surface area contributed by atoms with E-state index >= 15 is 0 Å². The van der Waals surface area contributed by atoms with Crippen LogP contribution in [0.5, 0.6) is 11.5 Å². The Bertz CT molecular complexity index is 1210. The molecule has 5 heteroatoms. The smallest absolute Gasteiger partial charge is 0.146 e. The fraction of sp³-hybridized carbons (Fsp3) is 0.0870. The second kappa shape index (κ2) is 7.77. The summed E-state index contributed by atoms with van der Waals surface area (Å²) >= 11 is 0. The summed E-state index contributed by atoms with van der Waals surface area (Å²) in [5.41, 5.74) is 2.62. The van der Waals surface area contributed by atoms with Crippen LogP contribution in [0.25, 0.3) is 21.8 Å². The molecule has 136 valence electrons. The summed E-state index contributed by atoms with van der Waals surface area (Å²) in [6.45, 7) is 4.64. The van der Waals surface area contributed by atoms with E-state index in [9.17, 15) is 0 Å². The van der Waals surface area contributed by atoms with Gasteiger partial charge in [-0.25, -0.2) is 4.98 Å². The summed E-state index contributed by atoms with van der Waals surface area (Å²) in [6, 6.07) is 21.0. The van der Waals surface area contributed by atoms with E-state index in [1.807, 2.05) is 54.6 Å². The van der Waals surface area contributed by atoms with Gasteiger partial charge in [0.05, 0.1) is 0 Å². The van der Waals surface area contributed by atoms with Crippen molar-refractivity contribution in [2.45, 2.75) is 0 Å². The van der Waals surface area contributed by atoms with Gasteiger partial charge in [0, 0.05) is 17.0 Å². The van der Waals surface area contributed by atoms with E-state index in [4.69, 9.17) is 14.7 Å². The van der Waals surface area contributed by atoms with E-state index in [-0.39, 0.29) is 6.61 Å². The molecule has 0 N–H and O–H groups in total. The highest BCUT2D eigenvalue weighted by Crippen LogP contribution is 2.25. The van der Waals surface area contributed by atoms with Gasteiger partial charge in [-0.3, -0.25) is 4.98 Å². The summed E-state index contributed by atoms with van der Waals surface area (Å²) in [4.78, 5) is 8.73. The van der Waals surface area contributed by atoms with Crippen LogP contribution in [0.1, 0.15) is 5.69 Å². The quantitative estimate of drug-likeness (QED) is 0.463. The van der Waals surface area contributed by atoms with Crippen LogP contribution in [-0.4, -0.2) is 23.2 Å². The van der Waals surface area contributed by atoms with Crippen LogP contribution in [0.15, 0.2) is 79.0 Å². The molecule has 0 fully saturated rings. The van der Waals surface area contributed by atoms with E-state index in [1.165, 1.54) is 0 Å². The maximum Gasteiger partial charge on any atom is 0.146 e. The topological polar surface area (TPSA) is 68.0 Å². The van der Waals surface area contributed by atoms with Crippen molar-refractivity contribution in [2.75, 3.05) is 13.2 Å². The Morgan fingerprint density at radius 2 is 1.50 bits per heavy atom. The SMILES string of the molecule is C=C(COc1cccc2cccnc12)COc1cccc2ccc(C#N)nc12. The van der Waals surface area contributed by atoms with E-state index in [0.29, 0.717) is 29.3 Å². The summed E-state index contributed by atoms with van der Waals surface area (Å²) in [7, 11) is 0. The minimum Gasteiger partial charge on any atom is -0.487 e. The molecule has 0 unspecified atom stereocenters. The van der Waals surface area contributed by atoms with Gasteiger partial charge in [-0.1, -0.05) is 36.9 Å². The van der Waals surface area contributed by atoms with Crippen LogP contribution in [-0.2, 0) is 0 Å². The average molecular weight is 367 g/mol. The molecule has 4 aromatic rings. The molecule has 5 nitrogen and oxygen atoms in total. The molecule has 0 atom stereocenters. The van der Waals surface area contributed by atoms with Crippen molar-refractivity contribution in [1.29, 1.82) is 5.26 Å². The largest absolute Gasteiger partial charge is 0.487 e. The Balaban J connectivity index is 1.44. The summed E-state index contributed by atoms with van der Waals surface area (Å²) in [6.07, 6.45) is 1.75. The van der Waals surface area contributed by atoms with Crippen molar-refractivity contribution in [1.82, 2.24) is 9.97 Å². The zero-order valence-electron chi connectivity index (χ0n) is 15.1. The van der Waals surface area contributed by atoms with Gasteiger partial charge in [0.25, 0.3) is 0 Å². The Labute approximate surface area is 162 Å². The lowest BCUT2D eigenvalue weighted by molar-refractivity contribution is 0.305. The van der Waals surface area contributed by atoms with Crippen molar-refractivity contribution < 1.29 is 9.47 Å². The van der Waals surface area contributed by atoms with E-state index in [2.05, 4.69) is 22.6 Å². The second-order valence-corrected chi connectivity index (χ2v) is 6.29. The van der Waals surface area contributed by atoms with Gasteiger partial charge in [0.1, 0.15) is 47.5 Å². The Morgan fingerprint density at radius 1 is 0.857 bits per heavy atom. The molecule has 2 heterocycles. The number of hydrogen-bond donors (Lipinski definition) is 0. The van der Waals surface area contributed by atoms with Crippen LogP contribution >= 0.6 is 0 Å². The number of aromatic nitrogens is 2. The lowest BCUT2D eigenvalue weighted by Crippen LogP contribution is -2.09. The van der Waals surface area contributed by atoms with Gasteiger partial charge >= 0.3 is 0 Å². The Kier molecular flexibility index (Phi) is 4.85. The van der Waals surface area contributed by atoms with Crippen molar-refractivity contribution in [3.05, 3.63) is 84.7 Å². The van der Waals surface area contributed by atoms with Gasteiger partial charge in [-0.2, -0.15) is 5.26 Å². The first-order chi connectivity index (χ1) is 13.7. The molecule has 0 saturated carbocycles. The third-order valence-corrected chi connectivity index (χ3v) is 4.26. The van der Waals surface area contributed by atoms with Crippen LogP contribution in [0.3, 0.4) is 0 Å². The Morgan fingerprint density at radius 3 is 2.21 bits per heavy atom. The van der Waals surface area contributed by atoms with Gasteiger partial charge in [-0.05, 0) is 35.9 Å². The molecule has 0 amide bonds. The number of hydrogen-bond acceptors (Lipinski definition) is 5. The van der Waals surface area contributed by atoms with Crippen molar-refractivity contribution in [2.24, 2.45) is 0 Å². The van der Waals surface area contributed by atoms with Crippen LogP contribution < -0.4 is 9.47 Å². The number of nitrogens with zero attached hydrogens (tertiary/aromatic N) is 3. The molecule has 2 aromatic heterocycles. The molecule has 2 aromatic carbocycles. The van der Waals surface area contributed by atoms with E-state index in [0.717, 1.165) is 21.9 Å². The number of pyridine rings is 2. The minimum absolute atomic E-state index is 0.287. The van der Waals surface area contributed by atoms with Gasteiger partial charge < -0.3 is 9.47 Å². The van der Waals surface area contributed by atoms with Crippen molar-refractivity contribution in [3.8, 4) is 17.6 Å². The second-order valence-electron chi connectivity index (χ2n) is 6.29. The molecule has 0 spiro atoms. The molecule has 4 rings (SSSR count). The summed E-state index contributed by atoms with van der Waals surface area (Å²) < 4.78 is 11.8. The highest BCUT2D eigenvalue weighted by atomic mass is 16.5. The third kappa shape index (κ3) is 3.62. The zero-order chi connectivity index (χ0) is 19.3. The van der Waals surface area contributed by atoms with Gasteiger partial charge in [0.2, 0.25) is 0 Å². The third-order valence-electron chi connectivity index (χ3n) is 4.26. The molecule has 0 bridgehead atoms. The lowest BCUT2D eigenvalue weighted by Gasteiger charge is -2.12. The zero-order valence-corrected chi connectivity index (χ0v) is 15.1. The molecule has 0 saturated heterocycles. The normalized spacial score (nSPS) is 10.5. The monoisotopic (exact) mass is 367 g/mol. The van der Waals surface area contributed by atoms with E-state index < -0.39 is 0 Å². The Hall–Kier alpha value is -3.91. The molecule has 28 heavy (non-hydrogen) atoms. The molecule has 0 radical (unpaired) electrons.